The molecule has 1 aromatic carbocycles. The van der Waals surface area contributed by atoms with Gasteiger partial charge in [0.05, 0.1) is 5.69 Å². The van der Waals surface area contributed by atoms with E-state index < -0.39 is 0 Å². The molecule has 0 unspecified atom stereocenters. The van der Waals surface area contributed by atoms with Gasteiger partial charge in [-0.3, -0.25) is 0 Å². The van der Waals surface area contributed by atoms with Crippen LogP contribution in [0.25, 0.3) is 16.9 Å². The average Bonchev–Trinajstić information content (AvgIpc) is 2.73. The number of nitrogen functional groups attached to an aromatic ring is 1. The van der Waals surface area contributed by atoms with Gasteiger partial charge < -0.3 is 10.1 Å². The van der Waals surface area contributed by atoms with Gasteiger partial charge in [0.1, 0.15) is 5.65 Å². The maximum atomic E-state index is 5.80. The summed E-state index contributed by atoms with van der Waals surface area (Å²) in [4.78, 5) is 4.65. The van der Waals surface area contributed by atoms with Crippen LogP contribution in [0.5, 0.6) is 0 Å². The largest absolute Gasteiger partial charge is 0.399 e. The number of rotatable bonds is 1. The zero-order valence-electron chi connectivity index (χ0n) is 9.89. The van der Waals surface area contributed by atoms with E-state index in [2.05, 4.69) is 33.9 Å². The molecule has 0 atom stereocenters. The third-order valence-corrected chi connectivity index (χ3v) is 3.32. The molecule has 0 aliphatic rings. The Morgan fingerprint density at radius 3 is 2.83 bits per heavy atom. The smallest absolute Gasteiger partial charge is 0.140 e. The predicted octanol–water partition coefficient (Wildman–Crippen LogP) is 3.65. The minimum absolute atomic E-state index is 0.752. The summed E-state index contributed by atoms with van der Waals surface area (Å²) in [5.41, 5.74) is 10.6. The summed E-state index contributed by atoms with van der Waals surface area (Å²) in [5.74, 6) is 0. The van der Waals surface area contributed by atoms with E-state index in [4.69, 9.17) is 5.73 Å². The number of aromatic nitrogens is 2. The summed E-state index contributed by atoms with van der Waals surface area (Å²) in [6, 6.07) is 9.83. The van der Waals surface area contributed by atoms with Crippen LogP contribution in [-0.2, 0) is 0 Å². The lowest BCUT2D eigenvalue weighted by atomic mass is 10.1. The van der Waals surface area contributed by atoms with E-state index in [0.29, 0.717) is 0 Å². The minimum atomic E-state index is 0.752. The Balaban J connectivity index is 2.22. The minimum Gasteiger partial charge on any atom is -0.399 e. The van der Waals surface area contributed by atoms with Gasteiger partial charge in [-0.05, 0) is 46.6 Å². The van der Waals surface area contributed by atoms with Crippen molar-refractivity contribution in [2.75, 3.05) is 5.73 Å². The van der Waals surface area contributed by atoms with Crippen molar-refractivity contribution in [2.45, 2.75) is 6.92 Å². The van der Waals surface area contributed by atoms with Crippen molar-refractivity contribution in [2.24, 2.45) is 0 Å². The van der Waals surface area contributed by atoms with Crippen molar-refractivity contribution < 1.29 is 0 Å². The highest BCUT2D eigenvalue weighted by Gasteiger charge is 2.07. The Kier molecular flexibility index (Phi) is 2.59. The lowest BCUT2D eigenvalue weighted by molar-refractivity contribution is 1.15. The first kappa shape index (κ1) is 11.3. The average molecular weight is 302 g/mol. The van der Waals surface area contributed by atoms with Gasteiger partial charge in [-0.1, -0.05) is 12.1 Å². The highest BCUT2D eigenvalue weighted by molar-refractivity contribution is 9.10. The van der Waals surface area contributed by atoms with Gasteiger partial charge >= 0.3 is 0 Å². The summed E-state index contributed by atoms with van der Waals surface area (Å²) in [5, 5.41) is 0. The number of hydrogen-bond acceptors (Lipinski definition) is 2. The fraction of sp³-hybridized carbons (Fsp3) is 0.0714. The molecular weight excluding hydrogens is 290 g/mol. The number of pyridine rings is 1. The van der Waals surface area contributed by atoms with Gasteiger partial charge in [0.25, 0.3) is 0 Å². The van der Waals surface area contributed by atoms with E-state index in [-0.39, 0.29) is 0 Å². The Morgan fingerprint density at radius 1 is 1.22 bits per heavy atom. The number of anilines is 1. The second-order valence-electron chi connectivity index (χ2n) is 4.32. The summed E-state index contributed by atoms with van der Waals surface area (Å²) in [7, 11) is 0. The molecule has 0 bridgehead atoms. The molecule has 3 nitrogen and oxygen atoms in total. The molecule has 18 heavy (non-hydrogen) atoms. The zero-order chi connectivity index (χ0) is 12.7. The highest BCUT2D eigenvalue weighted by atomic mass is 79.9. The SMILES string of the molecule is Cc1cc(Br)cn2cc(-c3cccc(N)c3)nc12. The Hall–Kier alpha value is -1.81. The molecule has 0 aliphatic carbocycles. The monoisotopic (exact) mass is 301 g/mol. The first-order valence-electron chi connectivity index (χ1n) is 5.64. The van der Waals surface area contributed by atoms with Crippen LogP contribution in [0.4, 0.5) is 5.69 Å². The Bertz CT molecular complexity index is 731. The topological polar surface area (TPSA) is 43.3 Å². The maximum Gasteiger partial charge on any atom is 0.140 e. The molecule has 0 amide bonds. The molecule has 90 valence electrons. The fourth-order valence-corrected chi connectivity index (χ4v) is 2.63. The molecule has 4 heteroatoms. The molecule has 3 aromatic rings. The molecule has 0 fully saturated rings. The molecule has 3 rings (SSSR count). The lowest BCUT2D eigenvalue weighted by Crippen LogP contribution is -1.86. The van der Waals surface area contributed by atoms with Gasteiger partial charge in [-0.2, -0.15) is 0 Å². The summed E-state index contributed by atoms with van der Waals surface area (Å²) in [6.07, 6.45) is 4.02. The number of fused-ring (bicyclic) bond motifs is 1. The molecule has 0 aliphatic heterocycles. The molecule has 2 N–H and O–H groups in total. The van der Waals surface area contributed by atoms with E-state index >= 15 is 0 Å². The van der Waals surface area contributed by atoms with E-state index in [9.17, 15) is 0 Å². The second-order valence-corrected chi connectivity index (χ2v) is 5.24. The molecule has 0 spiro atoms. The Morgan fingerprint density at radius 2 is 2.06 bits per heavy atom. The van der Waals surface area contributed by atoms with Crippen molar-refractivity contribution in [3.05, 3.63) is 52.8 Å². The fourth-order valence-electron chi connectivity index (χ4n) is 2.06. The van der Waals surface area contributed by atoms with Gasteiger partial charge in [0, 0.05) is 28.1 Å². The number of nitrogens with two attached hydrogens (primary N) is 1. The number of hydrogen-bond donors (Lipinski definition) is 1. The summed E-state index contributed by atoms with van der Waals surface area (Å²) in [6.45, 7) is 2.05. The van der Waals surface area contributed by atoms with Crippen molar-refractivity contribution in [1.82, 2.24) is 9.38 Å². The van der Waals surface area contributed by atoms with E-state index in [1.54, 1.807) is 0 Å². The van der Waals surface area contributed by atoms with Gasteiger partial charge in [-0.15, -0.1) is 0 Å². The van der Waals surface area contributed by atoms with Gasteiger partial charge in [-0.25, -0.2) is 4.98 Å². The normalized spacial score (nSPS) is 11.0. The first-order valence-corrected chi connectivity index (χ1v) is 6.43. The van der Waals surface area contributed by atoms with E-state index in [1.165, 1.54) is 0 Å². The number of benzene rings is 1. The number of aryl methyl sites for hydroxylation is 1. The van der Waals surface area contributed by atoms with Crippen LogP contribution in [0.3, 0.4) is 0 Å². The molecule has 2 aromatic heterocycles. The highest BCUT2D eigenvalue weighted by Crippen LogP contribution is 2.24. The zero-order valence-corrected chi connectivity index (χ0v) is 11.5. The van der Waals surface area contributed by atoms with Gasteiger partial charge in [0.2, 0.25) is 0 Å². The molecule has 0 radical (unpaired) electrons. The standard InChI is InChI=1S/C14H12BrN3/c1-9-5-11(15)7-18-8-13(17-14(9)18)10-3-2-4-12(16)6-10/h2-8H,16H2,1H3. The van der Waals surface area contributed by atoms with Crippen LogP contribution in [0.2, 0.25) is 0 Å². The van der Waals surface area contributed by atoms with Crippen LogP contribution in [0.1, 0.15) is 5.56 Å². The molecule has 0 saturated carbocycles. The third-order valence-electron chi connectivity index (χ3n) is 2.88. The van der Waals surface area contributed by atoms with E-state index in [0.717, 1.165) is 32.6 Å². The van der Waals surface area contributed by atoms with Crippen molar-refractivity contribution >= 4 is 27.3 Å². The number of nitrogens with zero attached hydrogens (tertiary/aromatic N) is 2. The quantitative estimate of drug-likeness (QED) is 0.697. The first-order chi connectivity index (χ1) is 8.63. The molecule has 2 heterocycles. The number of imidazole rings is 1. The van der Waals surface area contributed by atoms with E-state index in [1.807, 2.05) is 41.1 Å². The molecule has 0 saturated heterocycles. The van der Waals surface area contributed by atoms with Crippen molar-refractivity contribution in [3.63, 3.8) is 0 Å². The van der Waals surface area contributed by atoms with Crippen LogP contribution in [-0.4, -0.2) is 9.38 Å². The van der Waals surface area contributed by atoms with Gasteiger partial charge in [0.15, 0.2) is 0 Å². The van der Waals surface area contributed by atoms with Crippen LogP contribution >= 0.6 is 15.9 Å². The van der Waals surface area contributed by atoms with Crippen LogP contribution in [0, 0.1) is 6.92 Å². The van der Waals surface area contributed by atoms with Crippen molar-refractivity contribution in [3.8, 4) is 11.3 Å². The maximum absolute atomic E-state index is 5.80. The predicted molar refractivity (Wildman–Crippen MR) is 77.5 cm³/mol. The van der Waals surface area contributed by atoms with Crippen LogP contribution in [0.15, 0.2) is 47.2 Å². The number of halogens is 1. The second kappa shape index (κ2) is 4.14. The third kappa shape index (κ3) is 1.88. The molecular formula is C14H12BrN3. The lowest BCUT2D eigenvalue weighted by Gasteiger charge is -1.97. The van der Waals surface area contributed by atoms with Crippen molar-refractivity contribution in [1.29, 1.82) is 0 Å². The Labute approximate surface area is 113 Å². The van der Waals surface area contributed by atoms with Crippen LogP contribution < -0.4 is 5.73 Å². The summed E-state index contributed by atoms with van der Waals surface area (Å²) < 4.78 is 3.07. The summed E-state index contributed by atoms with van der Waals surface area (Å²) >= 11 is 3.49.